The second-order valence-corrected chi connectivity index (χ2v) is 5.93. The number of amides is 2. The molecule has 0 saturated carbocycles. The number of nitrogens with one attached hydrogen (secondary N) is 1. The highest BCUT2D eigenvalue weighted by molar-refractivity contribution is 6.03. The van der Waals surface area contributed by atoms with E-state index in [1.165, 1.54) is 18.2 Å². The monoisotopic (exact) mass is 326 g/mol. The van der Waals surface area contributed by atoms with E-state index in [4.69, 9.17) is 0 Å². The number of nitrogens with zero attached hydrogens (tertiary/aromatic N) is 1. The molecule has 2 aromatic carbocycles. The van der Waals surface area contributed by atoms with Gasteiger partial charge in [-0.15, -0.1) is 0 Å². The minimum absolute atomic E-state index is 0.0670. The third-order valence-electron chi connectivity index (χ3n) is 4.22. The van der Waals surface area contributed by atoms with Crippen molar-refractivity contribution >= 4 is 23.2 Å². The first-order chi connectivity index (χ1) is 11.6. The standard InChI is InChI=1S/C19H19FN2O2/c1-2-13-5-3-8-17(9-13)22-12-14(10-18(22)23)19(24)21-16-7-4-6-15(20)11-16/h3-9,11,14H,2,10,12H2,1H3,(H,21,24). The molecule has 5 heteroatoms. The van der Waals surface area contributed by atoms with Gasteiger partial charge in [0.2, 0.25) is 11.8 Å². The number of carbonyl (C=O) groups excluding carboxylic acids is 2. The molecule has 0 spiro atoms. The molecule has 1 atom stereocenters. The maximum absolute atomic E-state index is 13.2. The molecule has 2 aromatic rings. The van der Waals surface area contributed by atoms with Crippen LogP contribution in [0.4, 0.5) is 15.8 Å². The molecule has 1 heterocycles. The Balaban J connectivity index is 1.70. The van der Waals surface area contributed by atoms with Crippen LogP contribution in [0.2, 0.25) is 0 Å². The van der Waals surface area contributed by atoms with Gasteiger partial charge in [-0.3, -0.25) is 9.59 Å². The lowest BCUT2D eigenvalue weighted by Crippen LogP contribution is -2.28. The molecule has 0 bridgehead atoms. The average molecular weight is 326 g/mol. The molecule has 1 aliphatic heterocycles. The van der Waals surface area contributed by atoms with Gasteiger partial charge in [0.05, 0.1) is 5.92 Å². The molecule has 1 unspecified atom stereocenters. The normalized spacial score (nSPS) is 17.2. The molecule has 124 valence electrons. The second kappa shape index (κ2) is 6.83. The summed E-state index contributed by atoms with van der Waals surface area (Å²) >= 11 is 0. The fourth-order valence-corrected chi connectivity index (χ4v) is 2.89. The first-order valence-electron chi connectivity index (χ1n) is 8.02. The Morgan fingerprint density at radius 2 is 2.04 bits per heavy atom. The summed E-state index contributed by atoms with van der Waals surface area (Å²) in [4.78, 5) is 26.3. The smallest absolute Gasteiger partial charge is 0.229 e. The second-order valence-electron chi connectivity index (χ2n) is 5.93. The van der Waals surface area contributed by atoms with E-state index in [1.54, 1.807) is 11.0 Å². The zero-order valence-electron chi connectivity index (χ0n) is 13.5. The van der Waals surface area contributed by atoms with Crippen molar-refractivity contribution < 1.29 is 14.0 Å². The molecule has 3 rings (SSSR count). The fourth-order valence-electron chi connectivity index (χ4n) is 2.89. The van der Waals surface area contributed by atoms with Crippen LogP contribution in [-0.2, 0) is 16.0 Å². The van der Waals surface area contributed by atoms with Gasteiger partial charge in [-0.1, -0.05) is 25.1 Å². The summed E-state index contributed by atoms with van der Waals surface area (Å²) in [5.41, 5.74) is 2.37. The molecule has 2 amide bonds. The largest absolute Gasteiger partial charge is 0.326 e. The third kappa shape index (κ3) is 3.45. The Hall–Kier alpha value is -2.69. The SMILES string of the molecule is CCc1cccc(N2CC(C(=O)Nc3cccc(F)c3)CC2=O)c1. The van der Waals surface area contributed by atoms with Gasteiger partial charge in [-0.2, -0.15) is 0 Å². The number of aryl methyl sites for hydroxylation is 1. The first kappa shape index (κ1) is 16.2. The van der Waals surface area contributed by atoms with Crippen LogP contribution in [0.5, 0.6) is 0 Å². The van der Waals surface area contributed by atoms with Crippen LogP contribution in [0.1, 0.15) is 18.9 Å². The van der Waals surface area contributed by atoms with Gasteiger partial charge in [0, 0.05) is 24.3 Å². The summed E-state index contributed by atoms with van der Waals surface area (Å²) < 4.78 is 13.2. The van der Waals surface area contributed by atoms with Gasteiger partial charge in [-0.25, -0.2) is 4.39 Å². The Morgan fingerprint density at radius 3 is 2.79 bits per heavy atom. The Morgan fingerprint density at radius 1 is 1.25 bits per heavy atom. The first-order valence-corrected chi connectivity index (χ1v) is 8.02. The number of carbonyl (C=O) groups is 2. The topological polar surface area (TPSA) is 49.4 Å². The van der Waals surface area contributed by atoms with E-state index < -0.39 is 11.7 Å². The number of benzene rings is 2. The minimum atomic E-state index is -0.439. The number of hydrogen-bond donors (Lipinski definition) is 1. The van der Waals surface area contributed by atoms with Crippen molar-refractivity contribution in [2.75, 3.05) is 16.8 Å². The van der Waals surface area contributed by atoms with Crippen molar-refractivity contribution in [2.45, 2.75) is 19.8 Å². The number of halogens is 1. The van der Waals surface area contributed by atoms with E-state index in [-0.39, 0.29) is 18.2 Å². The van der Waals surface area contributed by atoms with Gasteiger partial charge in [0.1, 0.15) is 5.82 Å². The van der Waals surface area contributed by atoms with E-state index >= 15 is 0 Å². The maximum atomic E-state index is 13.2. The van der Waals surface area contributed by atoms with Crippen LogP contribution in [-0.4, -0.2) is 18.4 Å². The van der Waals surface area contributed by atoms with Crippen LogP contribution in [0.25, 0.3) is 0 Å². The Bertz CT molecular complexity index is 775. The van der Waals surface area contributed by atoms with Crippen molar-refractivity contribution in [1.29, 1.82) is 0 Å². The lowest BCUT2D eigenvalue weighted by molar-refractivity contribution is -0.122. The van der Waals surface area contributed by atoms with Crippen molar-refractivity contribution in [1.82, 2.24) is 0 Å². The quantitative estimate of drug-likeness (QED) is 0.936. The van der Waals surface area contributed by atoms with Crippen LogP contribution in [0, 0.1) is 11.7 Å². The minimum Gasteiger partial charge on any atom is -0.326 e. The van der Waals surface area contributed by atoms with Gasteiger partial charge in [0.15, 0.2) is 0 Å². The number of anilines is 2. The highest BCUT2D eigenvalue weighted by Crippen LogP contribution is 2.27. The van der Waals surface area contributed by atoms with E-state index in [9.17, 15) is 14.0 Å². The predicted octanol–water partition coefficient (Wildman–Crippen LogP) is 3.38. The maximum Gasteiger partial charge on any atom is 0.229 e. The zero-order valence-corrected chi connectivity index (χ0v) is 13.5. The van der Waals surface area contributed by atoms with Crippen molar-refractivity contribution in [3.05, 3.63) is 59.9 Å². The van der Waals surface area contributed by atoms with Crippen LogP contribution in [0.15, 0.2) is 48.5 Å². The fraction of sp³-hybridized carbons (Fsp3) is 0.263. The summed E-state index contributed by atoms with van der Waals surface area (Å²) in [5.74, 6) is -1.18. The van der Waals surface area contributed by atoms with Gasteiger partial charge in [0.25, 0.3) is 0 Å². The van der Waals surface area contributed by atoms with Gasteiger partial charge in [-0.05, 0) is 42.3 Å². The zero-order chi connectivity index (χ0) is 17.1. The summed E-state index contributed by atoms with van der Waals surface area (Å²) in [5, 5.41) is 2.68. The van der Waals surface area contributed by atoms with Crippen LogP contribution >= 0.6 is 0 Å². The lowest BCUT2D eigenvalue weighted by Gasteiger charge is -2.17. The molecule has 4 nitrogen and oxygen atoms in total. The summed E-state index contributed by atoms with van der Waals surface area (Å²) in [7, 11) is 0. The highest BCUT2D eigenvalue weighted by Gasteiger charge is 2.35. The van der Waals surface area contributed by atoms with Gasteiger partial charge < -0.3 is 10.2 Å². The van der Waals surface area contributed by atoms with Crippen LogP contribution in [0.3, 0.4) is 0 Å². The summed E-state index contributed by atoms with van der Waals surface area (Å²) in [6.45, 7) is 2.40. The molecule has 0 aromatic heterocycles. The Labute approximate surface area is 140 Å². The van der Waals surface area contributed by atoms with Crippen LogP contribution < -0.4 is 10.2 Å². The lowest BCUT2D eigenvalue weighted by atomic mass is 10.1. The Kier molecular flexibility index (Phi) is 4.60. The van der Waals surface area contributed by atoms with E-state index in [0.717, 1.165) is 17.7 Å². The molecule has 24 heavy (non-hydrogen) atoms. The molecule has 1 N–H and O–H groups in total. The molecule has 0 aliphatic carbocycles. The van der Waals surface area contributed by atoms with Crippen molar-refractivity contribution in [2.24, 2.45) is 5.92 Å². The summed E-state index contributed by atoms with van der Waals surface area (Å²) in [6, 6.07) is 13.5. The van der Waals surface area contributed by atoms with E-state index in [1.807, 2.05) is 24.3 Å². The van der Waals surface area contributed by atoms with Crippen molar-refractivity contribution in [3.63, 3.8) is 0 Å². The van der Waals surface area contributed by atoms with Gasteiger partial charge >= 0.3 is 0 Å². The highest BCUT2D eigenvalue weighted by atomic mass is 19.1. The number of hydrogen-bond acceptors (Lipinski definition) is 2. The molecular weight excluding hydrogens is 307 g/mol. The molecule has 1 fully saturated rings. The van der Waals surface area contributed by atoms with E-state index in [0.29, 0.717) is 12.2 Å². The molecular formula is C19H19FN2O2. The summed E-state index contributed by atoms with van der Waals surface area (Å²) in [6.07, 6.45) is 1.05. The van der Waals surface area contributed by atoms with Crippen molar-refractivity contribution in [3.8, 4) is 0 Å². The third-order valence-corrected chi connectivity index (χ3v) is 4.22. The molecule has 0 radical (unpaired) electrons. The molecule has 1 saturated heterocycles. The average Bonchev–Trinajstić information content (AvgIpc) is 2.97. The predicted molar refractivity (Wildman–Crippen MR) is 91.3 cm³/mol. The van der Waals surface area contributed by atoms with E-state index in [2.05, 4.69) is 12.2 Å². The molecule has 1 aliphatic rings. The number of rotatable bonds is 4.